The van der Waals surface area contributed by atoms with E-state index in [9.17, 15) is 9.59 Å². The van der Waals surface area contributed by atoms with Crippen LogP contribution in [0.25, 0.3) is 0 Å². The Balaban J connectivity index is 1.99. The topological polar surface area (TPSA) is 52.6 Å². The number of rotatable bonds is 4. The summed E-state index contributed by atoms with van der Waals surface area (Å²) < 4.78 is 10.5. The Morgan fingerprint density at radius 3 is 2.12 bits per heavy atom. The van der Waals surface area contributed by atoms with Gasteiger partial charge in [-0.1, -0.05) is 34.6 Å². The zero-order chi connectivity index (χ0) is 19.2. The zero-order valence-corrected chi connectivity index (χ0v) is 17.2. The molecule has 0 spiro atoms. The molecule has 0 aromatic heterocycles. The van der Waals surface area contributed by atoms with Crippen LogP contribution in [0, 0.1) is 40.9 Å². The predicted octanol–water partition coefficient (Wildman–Crippen LogP) is 4.46. The lowest BCUT2D eigenvalue weighted by atomic mass is 9.61. The third-order valence-electron chi connectivity index (χ3n) is 5.89. The second kappa shape index (κ2) is 6.92. The molecule has 2 fully saturated rings. The van der Waals surface area contributed by atoms with Crippen molar-refractivity contribution in [3.63, 3.8) is 0 Å². The van der Waals surface area contributed by atoms with E-state index >= 15 is 0 Å². The van der Waals surface area contributed by atoms with Crippen LogP contribution in [0.3, 0.4) is 0 Å². The fourth-order valence-electron chi connectivity index (χ4n) is 5.48. The molecule has 25 heavy (non-hydrogen) atoms. The number of carbonyl (C=O) groups is 2. The SMILES string of the molecule is CC(C)C1C2CC(CC2C(=O)OCC(=O)OC(C)(C)C)C1C(C)(C)C. The number of hydrogen-bond acceptors (Lipinski definition) is 4. The average Bonchev–Trinajstić information content (AvgIpc) is 2.99. The van der Waals surface area contributed by atoms with E-state index in [1.165, 1.54) is 0 Å². The molecule has 4 heteroatoms. The predicted molar refractivity (Wildman–Crippen MR) is 97.8 cm³/mol. The molecule has 0 aromatic carbocycles. The fourth-order valence-corrected chi connectivity index (χ4v) is 5.48. The van der Waals surface area contributed by atoms with Gasteiger partial charge < -0.3 is 9.47 Å². The molecule has 0 radical (unpaired) electrons. The van der Waals surface area contributed by atoms with E-state index in [0.29, 0.717) is 29.6 Å². The lowest BCUT2D eigenvalue weighted by Crippen LogP contribution is -2.41. The molecular formula is C21H36O4. The Morgan fingerprint density at radius 2 is 1.64 bits per heavy atom. The van der Waals surface area contributed by atoms with Gasteiger partial charge in [-0.15, -0.1) is 0 Å². The van der Waals surface area contributed by atoms with Crippen molar-refractivity contribution < 1.29 is 19.1 Å². The molecule has 0 aromatic rings. The van der Waals surface area contributed by atoms with E-state index in [1.54, 1.807) is 0 Å². The summed E-state index contributed by atoms with van der Waals surface area (Å²) in [7, 11) is 0. The molecule has 5 unspecified atom stereocenters. The molecule has 2 rings (SSSR count). The molecule has 2 aliphatic carbocycles. The van der Waals surface area contributed by atoms with Crippen molar-refractivity contribution in [2.75, 3.05) is 6.61 Å². The minimum absolute atomic E-state index is 0.0570. The molecule has 2 saturated carbocycles. The first-order chi connectivity index (χ1) is 11.3. The fraction of sp³-hybridized carbons (Fsp3) is 0.905. The molecule has 4 nitrogen and oxygen atoms in total. The van der Waals surface area contributed by atoms with Gasteiger partial charge in [0.05, 0.1) is 5.92 Å². The van der Waals surface area contributed by atoms with Crippen molar-refractivity contribution in [1.29, 1.82) is 0 Å². The molecule has 0 N–H and O–H groups in total. The number of esters is 2. The first kappa shape index (κ1) is 20.3. The van der Waals surface area contributed by atoms with E-state index in [0.717, 1.165) is 12.8 Å². The first-order valence-corrected chi connectivity index (χ1v) is 9.69. The van der Waals surface area contributed by atoms with E-state index in [2.05, 4.69) is 34.6 Å². The summed E-state index contributed by atoms with van der Waals surface area (Å²) in [5.41, 5.74) is -0.293. The minimum Gasteiger partial charge on any atom is -0.457 e. The summed E-state index contributed by atoms with van der Waals surface area (Å²) in [6, 6.07) is 0. The normalized spacial score (nSPS) is 32.1. The summed E-state index contributed by atoms with van der Waals surface area (Å²) >= 11 is 0. The lowest BCUT2D eigenvalue weighted by molar-refractivity contribution is -0.170. The van der Waals surface area contributed by atoms with Gasteiger partial charge in [0.15, 0.2) is 6.61 Å². The van der Waals surface area contributed by atoms with Gasteiger partial charge in [0.1, 0.15) is 5.60 Å². The molecule has 0 amide bonds. The largest absolute Gasteiger partial charge is 0.457 e. The Hall–Kier alpha value is -1.06. The van der Waals surface area contributed by atoms with Crippen molar-refractivity contribution in [3.05, 3.63) is 0 Å². The number of hydrogen-bond donors (Lipinski definition) is 0. The maximum absolute atomic E-state index is 12.6. The van der Waals surface area contributed by atoms with E-state index < -0.39 is 11.6 Å². The Kier molecular flexibility index (Phi) is 5.61. The van der Waals surface area contributed by atoms with E-state index in [-0.39, 0.29) is 23.9 Å². The Morgan fingerprint density at radius 1 is 1.04 bits per heavy atom. The van der Waals surface area contributed by atoms with Gasteiger partial charge in [0, 0.05) is 0 Å². The van der Waals surface area contributed by atoms with Gasteiger partial charge in [-0.25, -0.2) is 4.79 Å². The molecule has 5 atom stereocenters. The second-order valence-corrected chi connectivity index (χ2v) is 10.4. The first-order valence-electron chi connectivity index (χ1n) is 9.69. The summed E-state index contributed by atoms with van der Waals surface area (Å²) in [4.78, 5) is 24.4. The monoisotopic (exact) mass is 352 g/mol. The molecular weight excluding hydrogens is 316 g/mol. The summed E-state index contributed by atoms with van der Waals surface area (Å²) in [6.45, 7) is 16.7. The summed E-state index contributed by atoms with van der Waals surface area (Å²) in [6.07, 6.45) is 2.03. The highest BCUT2D eigenvalue weighted by atomic mass is 16.6. The average molecular weight is 353 g/mol. The van der Waals surface area contributed by atoms with Crippen LogP contribution in [0.15, 0.2) is 0 Å². The Bertz CT molecular complexity index is 509. The van der Waals surface area contributed by atoms with Crippen molar-refractivity contribution >= 4 is 11.9 Å². The van der Waals surface area contributed by atoms with Gasteiger partial charge in [-0.3, -0.25) is 4.79 Å². The zero-order valence-electron chi connectivity index (χ0n) is 17.2. The molecule has 0 heterocycles. The van der Waals surface area contributed by atoms with Crippen LogP contribution in [0.2, 0.25) is 0 Å². The maximum atomic E-state index is 12.6. The summed E-state index contributed by atoms with van der Waals surface area (Å²) in [5.74, 6) is 2.01. The van der Waals surface area contributed by atoms with Gasteiger partial charge in [0.25, 0.3) is 0 Å². The van der Waals surface area contributed by atoms with Crippen molar-refractivity contribution in [2.45, 2.75) is 73.8 Å². The van der Waals surface area contributed by atoms with Crippen molar-refractivity contribution in [3.8, 4) is 0 Å². The van der Waals surface area contributed by atoms with Crippen LogP contribution in [0.5, 0.6) is 0 Å². The van der Waals surface area contributed by atoms with Crippen LogP contribution in [-0.2, 0) is 19.1 Å². The second-order valence-electron chi connectivity index (χ2n) is 10.4. The van der Waals surface area contributed by atoms with Gasteiger partial charge in [-0.05, 0) is 68.6 Å². The third kappa shape index (κ3) is 4.57. The molecule has 0 saturated heterocycles. The molecule has 2 bridgehead atoms. The number of ether oxygens (including phenoxy) is 2. The smallest absolute Gasteiger partial charge is 0.344 e. The molecule has 144 valence electrons. The highest BCUT2D eigenvalue weighted by molar-refractivity contribution is 5.78. The quantitative estimate of drug-likeness (QED) is 0.701. The van der Waals surface area contributed by atoms with E-state index in [4.69, 9.17) is 9.47 Å². The minimum atomic E-state index is -0.557. The van der Waals surface area contributed by atoms with Gasteiger partial charge >= 0.3 is 11.9 Å². The summed E-state index contributed by atoms with van der Waals surface area (Å²) in [5, 5.41) is 0. The van der Waals surface area contributed by atoms with Crippen molar-refractivity contribution in [2.24, 2.45) is 40.9 Å². The lowest BCUT2D eigenvalue weighted by Gasteiger charge is -2.44. The maximum Gasteiger partial charge on any atom is 0.344 e. The van der Waals surface area contributed by atoms with Crippen LogP contribution in [0.4, 0.5) is 0 Å². The van der Waals surface area contributed by atoms with Crippen LogP contribution < -0.4 is 0 Å². The third-order valence-corrected chi connectivity index (χ3v) is 5.89. The Labute approximate surface area is 153 Å². The van der Waals surface area contributed by atoms with Gasteiger partial charge in [0.2, 0.25) is 0 Å². The van der Waals surface area contributed by atoms with Crippen molar-refractivity contribution in [1.82, 2.24) is 0 Å². The number of carbonyl (C=O) groups excluding carboxylic acids is 2. The number of fused-ring (bicyclic) bond motifs is 2. The van der Waals surface area contributed by atoms with Crippen LogP contribution >= 0.6 is 0 Å². The highest BCUT2D eigenvalue weighted by Gasteiger charge is 2.58. The van der Waals surface area contributed by atoms with Gasteiger partial charge in [-0.2, -0.15) is 0 Å². The molecule has 0 aliphatic heterocycles. The molecule has 2 aliphatic rings. The van der Waals surface area contributed by atoms with E-state index in [1.807, 2.05) is 20.8 Å². The van der Waals surface area contributed by atoms with Crippen LogP contribution in [-0.4, -0.2) is 24.1 Å². The van der Waals surface area contributed by atoms with Crippen LogP contribution in [0.1, 0.15) is 68.2 Å². The highest BCUT2D eigenvalue weighted by Crippen LogP contribution is 2.62. The standard InChI is InChI=1S/C21H36O4/c1-12(2)17-14-9-13(18(17)20(3,4)5)10-15(14)19(23)24-11-16(22)25-21(6,7)8/h12-15,17-18H,9-11H2,1-8H3.